The molecule has 2 aromatic carbocycles. The van der Waals surface area contributed by atoms with Crippen molar-refractivity contribution >= 4 is 0 Å². The number of hydrogen-bond donors (Lipinski definition) is 1. The standard InChI is InChI=1S/C18H21N/c19-14-13-18(11-6-12-18)17-10-5-4-9-16(17)15-7-2-1-3-8-15/h1-5,7-10H,6,11-14,19H2. The van der Waals surface area contributed by atoms with Crippen molar-refractivity contribution in [1.82, 2.24) is 0 Å². The molecular weight excluding hydrogens is 230 g/mol. The van der Waals surface area contributed by atoms with E-state index in [-0.39, 0.29) is 0 Å². The summed E-state index contributed by atoms with van der Waals surface area (Å²) in [6.07, 6.45) is 5.02. The van der Waals surface area contributed by atoms with Crippen molar-refractivity contribution in [2.24, 2.45) is 5.73 Å². The lowest BCUT2D eigenvalue weighted by Gasteiger charge is -2.43. The van der Waals surface area contributed by atoms with Crippen molar-refractivity contribution < 1.29 is 0 Å². The summed E-state index contributed by atoms with van der Waals surface area (Å²) in [4.78, 5) is 0. The van der Waals surface area contributed by atoms with Gasteiger partial charge in [-0.05, 0) is 47.9 Å². The van der Waals surface area contributed by atoms with Gasteiger partial charge in [0, 0.05) is 0 Å². The second-order valence-electron chi connectivity index (χ2n) is 5.58. The Hall–Kier alpha value is -1.60. The van der Waals surface area contributed by atoms with Crippen molar-refractivity contribution in [2.75, 3.05) is 6.54 Å². The van der Waals surface area contributed by atoms with Crippen LogP contribution in [0.5, 0.6) is 0 Å². The Labute approximate surface area is 115 Å². The summed E-state index contributed by atoms with van der Waals surface area (Å²) >= 11 is 0. The van der Waals surface area contributed by atoms with E-state index < -0.39 is 0 Å². The third-order valence-corrected chi connectivity index (χ3v) is 4.52. The Balaban J connectivity index is 2.07. The highest BCUT2D eigenvalue weighted by Crippen LogP contribution is 2.49. The van der Waals surface area contributed by atoms with E-state index in [0.717, 1.165) is 13.0 Å². The molecule has 0 aromatic heterocycles. The van der Waals surface area contributed by atoms with Gasteiger partial charge in [-0.3, -0.25) is 0 Å². The molecule has 0 bridgehead atoms. The van der Waals surface area contributed by atoms with Crippen LogP contribution in [0.4, 0.5) is 0 Å². The molecule has 19 heavy (non-hydrogen) atoms. The maximum absolute atomic E-state index is 5.85. The maximum Gasteiger partial charge on any atom is -0.00288 e. The molecule has 0 saturated heterocycles. The van der Waals surface area contributed by atoms with Gasteiger partial charge in [0.25, 0.3) is 0 Å². The highest BCUT2D eigenvalue weighted by molar-refractivity contribution is 5.69. The van der Waals surface area contributed by atoms with Crippen LogP contribution in [0.1, 0.15) is 31.2 Å². The minimum absolute atomic E-state index is 0.335. The molecule has 98 valence electrons. The Bertz CT molecular complexity index is 541. The average molecular weight is 251 g/mol. The molecule has 0 amide bonds. The molecule has 2 aromatic rings. The zero-order valence-corrected chi connectivity index (χ0v) is 11.3. The summed E-state index contributed by atoms with van der Waals surface area (Å²) in [6.45, 7) is 0.781. The second kappa shape index (κ2) is 5.18. The van der Waals surface area contributed by atoms with Crippen LogP contribution in [0.2, 0.25) is 0 Å². The van der Waals surface area contributed by atoms with Crippen LogP contribution in [0.3, 0.4) is 0 Å². The first kappa shape index (κ1) is 12.4. The lowest BCUT2D eigenvalue weighted by molar-refractivity contribution is 0.230. The SMILES string of the molecule is NCCC1(c2ccccc2-c2ccccc2)CCC1. The topological polar surface area (TPSA) is 26.0 Å². The van der Waals surface area contributed by atoms with Crippen molar-refractivity contribution in [3.05, 3.63) is 60.2 Å². The number of nitrogens with two attached hydrogens (primary N) is 1. The van der Waals surface area contributed by atoms with E-state index in [4.69, 9.17) is 5.73 Å². The lowest BCUT2D eigenvalue weighted by atomic mass is 9.61. The number of hydrogen-bond acceptors (Lipinski definition) is 1. The van der Waals surface area contributed by atoms with Crippen molar-refractivity contribution in [3.8, 4) is 11.1 Å². The molecule has 1 aliphatic carbocycles. The van der Waals surface area contributed by atoms with Gasteiger partial charge in [-0.25, -0.2) is 0 Å². The van der Waals surface area contributed by atoms with Gasteiger partial charge in [0.15, 0.2) is 0 Å². The van der Waals surface area contributed by atoms with Crippen LogP contribution in [0, 0.1) is 0 Å². The lowest BCUT2D eigenvalue weighted by Crippen LogP contribution is -2.36. The van der Waals surface area contributed by atoms with E-state index in [2.05, 4.69) is 54.6 Å². The Kier molecular flexibility index (Phi) is 3.39. The molecule has 0 atom stereocenters. The highest BCUT2D eigenvalue weighted by atomic mass is 14.6. The van der Waals surface area contributed by atoms with Gasteiger partial charge in [0.05, 0.1) is 0 Å². The van der Waals surface area contributed by atoms with E-state index in [0.29, 0.717) is 5.41 Å². The van der Waals surface area contributed by atoms with Crippen molar-refractivity contribution in [2.45, 2.75) is 31.1 Å². The molecule has 1 nitrogen and oxygen atoms in total. The van der Waals surface area contributed by atoms with Gasteiger partial charge in [-0.2, -0.15) is 0 Å². The molecule has 1 saturated carbocycles. The molecule has 0 unspecified atom stereocenters. The molecule has 2 N–H and O–H groups in total. The number of rotatable bonds is 4. The van der Waals surface area contributed by atoms with Gasteiger partial charge in [-0.15, -0.1) is 0 Å². The third-order valence-electron chi connectivity index (χ3n) is 4.52. The van der Waals surface area contributed by atoms with E-state index >= 15 is 0 Å². The van der Waals surface area contributed by atoms with Crippen LogP contribution in [-0.2, 0) is 5.41 Å². The molecule has 3 rings (SSSR count). The van der Waals surface area contributed by atoms with E-state index in [1.165, 1.54) is 36.0 Å². The van der Waals surface area contributed by atoms with Crippen molar-refractivity contribution in [1.29, 1.82) is 0 Å². The first-order chi connectivity index (χ1) is 9.36. The van der Waals surface area contributed by atoms with Crippen LogP contribution < -0.4 is 5.73 Å². The molecule has 0 aliphatic heterocycles. The predicted molar refractivity (Wildman–Crippen MR) is 81.1 cm³/mol. The van der Waals surface area contributed by atoms with E-state index in [9.17, 15) is 0 Å². The average Bonchev–Trinajstić information content (AvgIpc) is 2.44. The first-order valence-corrected chi connectivity index (χ1v) is 7.21. The Morgan fingerprint density at radius 3 is 2.21 bits per heavy atom. The molecule has 0 heterocycles. The Morgan fingerprint density at radius 2 is 1.58 bits per heavy atom. The maximum atomic E-state index is 5.85. The smallest absolute Gasteiger partial charge is 0.00288 e. The first-order valence-electron chi connectivity index (χ1n) is 7.21. The van der Waals surface area contributed by atoms with Crippen LogP contribution in [0.15, 0.2) is 54.6 Å². The summed E-state index contributed by atoms with van der Waals surface area (Å²) in [5.74, 6) is 0. The predicted octanol–water partition coefficient (Wildman–Crippen LogP) is 4.12. The molecule has 1 heteroatoms. The minimum Gasteiger partial charge on any atom is -0.330 e. The van der Waals surface area contributed by atoms with Gasteiger partial charge in [0.1, 0.15) is 0 Å². The van der Waals surface area contributed by atoms with Gasteiger partial charge in [0.2, 0.25) is 0 Å². The fourth-order valence-corrected chi connectivity index (χ4v) is 3.35. The highest BCUT2D eigenvalue weighted by Gasteiger charge is 2.39. The quantitative estimate of drug-likeness (QED) is 0.869. The normalized spacial score (nSPS) is 16.9. The van der Waals surface area contributed by atoms with Gasteiger partial charge < -0.3 is 5.73 Å². The largest absolute Gasteiger partial charge is 0.330 e. The Morgan fingerprint density at radius 1 is 0.895 bits per heavy atom. The molecule has 1 aliphatic rings. The van der Waals surface area contributed by atoms with Gasteiger partial charge in [-0.1, -0.05) is 61.0 Å². The molecular formula is C18H21N. The van der Waals surface area contributed by atoms with E-state index in [1.807, 2.05) is 0 Å². The summed E-state index contributed by atoms with van der Waals surface area (Å²) in [5, 5.41) is 0. The van der Waals surface area contributed by atoms with Crippen molar-refractivity contribution in [3.63, 3.8) is 0 Å². The fourth-order valence-electron chi connectivity index (χ4n) is 3.35. The van der Waals surface area contributed by atoms with Crippen LogP contribution in [0.25, 0.3) is 11.1 Å². The number of benzene rings is 2. The summed E-state index contributed by atoms with van der Waals surface area (Å²) < 4.78 is 0. The molecule has 0 radical (unpaired) electrons. The van der Waals surface area contributed by atoms with Crippen LogP contribution >= 0.6 is 0 Å². The summed E-state index contributed by atoms with van der Waals surface area (Å²) in [6, 6.07) is 19.6. The van der Waals surface area contributed by atoms with E-state index in [1.54, 1.807) is 0 Å². The zero-order chi connectivity index (χ0) is 13.1. The zero-order valence-electron chi connectivity index (χ0n) is 11.3. The summed E-state index contributed by atoms with van der Waals surface area (Å²) in [7, 11) is 0. The van der Waals surface area contributed by atoms with Crippen LogP contribution in [-0.4, -0.2) is 6.54 Å². The summed E-state index contributed by atoms with van der Waals surface area (Å²) in [5.41, 5.74) is 10.4. The molecule has 0 spiro atoms. The monoisotopic (exact) mass is 251 g/mol. The minimum atomic E-state index is 0.335. The second-order valence-corrected chi connectivity index (χ2v) is 5.58. The fraction of sp³-hybridized carbons (Fsp3) is 0.333. The third kappa shape index (κ3) is 2.19. The van der Waals surface area contributed by atoms with Gasteiger partial charge >= 0.3 is 0 Å². The molecule has 1 fully saturated rings.